The molecule has 0 saturated heterocycles. The lowest BCUT2D eigenvalue weighted by atomic mass is 10.1. The molecule has 3 aromatic carbocycles. The Labute approximate surface area is 246 Å². The van der Waals surface area contributed by atoms with Gasteiger partial charge in [0.1, 0.15) is 12.6 Å². The van der Waals surface area contributed by atoms with E-state index in [0.29, 0.717) is 12.2 Å². The third-order valence-electron chi connectivity index (χ3n) is 5.99. The number of nitrogens with one attached hydrogen (secondary N) is 1. The van der Waals surface area contributed by atoms with Gasteiger partial charge in [-0.3, -0.25) is 13.9 Å². The number of unbranched alkanes of at least 4 members (excludes halogenated alkanes) is 1. The number of sulfonamides is 1. The van der Waals surface area contributed by atoms with E-state index in [1.54, 1.807) is 49.4 Å². The molecule has 0 spiro atoms. The summed E-state index contributed by atoms with van der Waals surface area (Å²) in [6.07, 6.45) is 1.76. The number of anilines is 1. The van der Waals surface area contributed by atoms with Crippen molar-refractivity contribution >= 4 is 66.0 Å². The zero-order valence-electron chi connectivity index (χ0n) is 21.3. The Morgan fingerprint density at radius 1 is 0.974 bits per heavy atom. The Kier molecular flexibility index (Phi) is 11.2. The quantitative estimate of drug-likeness (QED) is 0.196. The summed E-state index contributed by atoms with van der Waals surface area (Å²) in [7, 11) is -4.06. The minimum atomic E-state index is -4.06. The van der Waals surface area contributed by atoms with Gasteiger partial charge in [0.2, 0.25) is 11.8 Å². The monoisotopic (exact) mass is 711 g/mol. The van der Waals surface area contributed by atoms with Crippen molar-refractivity contribution in [3.63, 3.8) is 0 Å². The van der Waals surface area contributed by atoms with E-state index < -0.39 is 28.5 Å². The molecule has 0 aliphatic heterocycles. The number of amides is 2. The van der Waals surface area contributed by atoms with E-state index >= 15 is 0 Å². The topological polar surface area (TPSA) is 86.8 Å². The van der Waals surface area contributed by atoms with Crippen LogP contribution in [0.1, 0.15) is 32.3 Å². The van der Waals surface area contributed by atoms with Gasteiger partial charge in [0.25, 0.3) is 10.0 Å². The predicted molar refractivity (Wildman–Crippen MR) is 162 cm³/mol. The van der Waals surface area contributed by atoms with Crippen LogP contribution >= 0.6 is 38.5 Å². The van der Waals surface area contributed by atoms with Gasteiger partial charge in [-0.05, 0) is 90.0 Å². The summed E-state index contributed by atoms with van der Waals surface area (Å²) in [5.41, 5.74) is 1.19. The van der Waals surface area contributed by atoms with Crippen LogP contribution in [0.5, 0.6) is 0 Å². The van der Waals surface area contributed by atoms with Crippen molar-refractivity contribution in [1.29, 1.82) is 0 Å². The third-order valence-corrected chi connectivity index (χ3v) is 9.02. The van der Waals surface area contributed by atoms with E-state index in [1.165, 1.54) is 17.0 Å². The number of nitrogens with zero attached hydrogens (tertiary/aromatic N) is 2. The van der Waals surface area contributed by atoms with Crippen LogP contribution in [0.3, 0.4) is 0 Å². The van der Waals surface area contributed by atoms with Gasteiger partial charge in [-0.2, -0.15) is 0 Å². The van der Waals surface area contributed by atoms with E-state index in [9.17, 15) is 18.0 Å². The standard InChI is InChI=1S/C28H31BrIN3O4S/c1-3-4-18-31-28(35)21(2)32(19-22-10-12-23(29)13-11-22)27(34)20-33(25-16-14-24(30)15-17-25)38(36,37)26-8-6-5-7-9-26/h5-17,21H,3-4,18-20H2,1-2H3,(H,31,35)/t21-/m1/s1. The number of benzene rings is 3. The van der Waals surface area contributed by atoms with Crippen molar-refractivity contribution < 1.29 is 18.0 Å². The van der Waals surface area contributed by atoms with Gasteiger partial charge in [0, 0.05) is 21.1 Å². The van der Waals surface area contributed by atoms with Crippen molar-refractivity contribution in [2.75, 3.05) is 17.4 Å². The molecule has 3 rings (SSSR count). The summed E-state index contributed by atoms with van der Waals surface area (Å²) < 4.78 is 30.4. The fourth-order valence-electron chi connectivity index (χ4n) is 3.76. The summed E-state index contributed by atoms with van der Waals surface area (Å²) in [5, 5.41) is 2.89. The lowest BCUT2D eigenvalue weighted by Gasteiger charge is -2.32. The molecule has 0 radical (unpaired) electrons. The Morgan fingerprint density at radius 3 is 2.21 bits per heavy atom. The summed E-state index contributed by atoms with van der Waals surface area (Å²) in [5.74, 6) is -0.764. The molecule has 202 valence electrons. The maximum Gasteiger partial charge on any atom is 0.264 e. The van der Waals surface area contributed by atoms with Crippen LogP contribution in [0.4, 0.5) is 5.69 Å². The van der Waals surface area contributed by atoms with Gasteiger partial charge in [-0.25, -0.2) is 8.42 Å². The Balaban J connectivity index is 1.97. The molecule has 0 saturated carbocycles. The molecule has 7 nitrogen and oxygen atoms in total. The highest BCUT2D eigenvalue weighted by Gasteiger charge is 2.32. The van der Waals surface area contributed by atoms with Gasteiger partial charge >= 0.3 is 0 Å². The fourth-order valence-corrected chi connectivity index (χ4v) is 5.82. The molecule has 0 aliphatic carbocycles. The molecular formula is C28H31BrIN3O4S. The van der Waals surface area contributed by atoms with Crippen LogP contribution in [0.25, 0.3) is 0 Å². The molecule has 0 unspecified atom stereocenters. The summed E-state index contributed by atoms with van der Waals surface area (Å²) >= 11 is 5.56. The van der Waals surface area contributed by atoms with Crippen molar-refractivity contribution in [1.82, 2.24) is 10.2 Å². The largest absolute Gasteiger partial charge is 0.354 e. The minimum Gasteiger partial charge on any atom is -0.354 e. The number of halogens is 2. The Morgan fingerprint density at radius 2 is 1.61 bits per heavy atom. The highest BCUT2D eigenvalue weighted by molar-refractivity contribution is 14.1. The molecule has 1 N–H and O–H groups in total. The van der Waals surface area contributed by atoms with Gasteiger partial charge in [-0.15, -0.1) is 0 Å². The molecule has 38 heavy (non-hydrogen) atoms. The van der Waals surface area contributed by atoms with E-state index in [1.807, 2.05) is 31.2 Å². The maximum absolute atomic E-state index is 13.8. The van der Waals surface area contributed by atoms with Gasteiger partial charge in [0.05, 0.1) is 10.6 Å². The van der Waals surface area contributed by atoms with Crippen molar-refractivity contribution in [2.45, 2.75) is 44.2 Å². The van der Waals surface area contributed by atoms with Gasteiger partial charge in [-0.1, -0.05) is 59.6 Å². The van der Waals surface area contributed by atoms with E-state index in [0.717, 1.165) is 30.8 Å². The lowest BCUT2D eigenvalue weighted by molar-refractivity contribution is -0.139. The second kappa shape index (κ2) is 14.1. The molecular weight excluding hydrogens is 681 g/mol. The Bertz CT molecular complexity index is 1320. The van der Waals surface area contributed by atoms with Crippen molar-refractivity contribution in [2.24, 2.45) is 0 Å². The second-order valence-electron chi connectivity index (χ2n) is 8.77. The van der Waals surface area contributed by atoms with E-state index in [4.69, 9.17) is 0 Å². The number of hydrogen-bond acceptors (Lipinski definition) is 4. The molecule has 1 atom stereocenters. The highest BCUT2D eigenvalue weighted by atomic mass is 127. The highest BCUT2D eigenvalue weighted by Crippen LogP contribution is 2.25. The first-order valence-electron chi connectivity index (χ1n) is 12.3. The number of hydrogen-bond donors (Lipinski definition) is 1. The molecule has 0 bridgehead atoms. The fraction of sp³-hybridized carbons (Fsp3) is 0.286. The van der Waals surface area contributed by atoms with Gasteiger partial charge in [0.15, 0.2) is 0 Å². The average Bonchev–Trinajstić information content (AvgIpc) is 2.92. The van der Waals surface area contributed by atoms with Crippen LogP contribution in [-0.2, 0) is 26.2 Å². The van der Waals surface area contributed by atoms with Crippen LogP contribution in [0, 0.1) is 3.57 Å². The molecule has 2 amide bonds. The summed E-state index contributed by atoms with van der Waals surface area (Å²) in [6.45, 7) is 3.91. The van der Waals surface area contributed by atoms with E-state index in [2.05, 4.69) is 43.8 Å². The van der Waals surface area contributed by atoms with Crippen molar-refractivity contribution in [3.05, 3.63) is 92.5 Å². The summed E-state index contributed by atoms with van der Waals surface area (Å²) in [4.78, 5) is 28.3. The first-order valence-corrected chi connectivity index (χ1v) is 15.6. The molecule has 0 aromatic heterocycles. The predicted octanol–water partition coefficient (Wildman–Crippen LogP) is 5.58. The first kappa shape index (κ1) is 30.1. The lowest BCUT2D eigenvalue weighted by Crippen LogP contribution is -2.51. The molecule has 0 aliphatic rings. The number of rotatable bonds is 12. The zero-order valence-corrected chi connectivity index (χ0v) is 25.9. The maximum atomic E-state index is 13.8. The normalized spacial score (nSPS) is 12.0. The molecule has 10 heteroatoms. The number of carbonyl (C=O) groups excluding carboxylic acids is 2. The smallest absolute Gasteiger partial charge is 0.264 e. The van der Waals surface area contributed by atoms with Crippen LogP contribution < -0.4 is 9.62 Å². The second-order valence-corrected chi connectivity index (χ2v) is 12.8. The van der Waals surface area contributed by atoms with Crippen molar-refractivity contribution in [3.8, 4) is 0 Å². The zero-order chi connectivity index (χ0) is 27.7. The van der Waals surface area contributed by atoms with E-state index in [-0.39, 0.29) is 17.3 Å². The average molecular weight is 712 g/mol. The minimum absolute atomic E-state index is 0.0798. The molecule has 0 fully saturated rings. The van der Waals surface area contributed by atoms with Gasteiger partial charge < -0.3 is 10.2 Å². The van der Waals surface area contributed by atoms with Crippen LogP contribution in [-0.4, -0.2) is 44.3 Å². The summed E-state index contributed by atoms with van der Waals surface area (Å²) in [6, 6.07) is 21.6. The first-order chi connectivity index (χ1) is 18.1. The SMILES string of the molecule is CCCCNC(=O)[C@@H](C)N(Cc1ccc(Br)cc1)C(=O)CN(c1ccc(I)cc1)S(=O)(=O)c1ccccc1. The number of carbonyl (C=O) groups is 2. The Hall–Kier alpha value is -2.44. The third kappa shape index (κ3) is 8.03. The van der Waals surface area contributed by atoms with Crippen LogP contribution in [0.2, 0.25) is 0 Å². The van der Waals surface area contributed by atoms with Crippen LogP contribution in [0.15, 0.2) is 88.2 Å². The molecule has 0 heterocycles. The molecule has 3 aromatic rings.